The number of halogens is 4. The zero-order chi connectivity index (χ0) is 19.0. The molecule has 0 saturated carbocycles. The standard InChI is InChI=1S/C15H15ClF3NO5/c1-2-24-8-25-12-4-3-11(16)6-9(12)5-10(13(21)22)7-20-14(23)15(17,18)19/h3-6H,2,7-8H2,1H3,(H,20,23)(H,21,22). The first-order chi connectivity index (χ1) is 11.6. The van der Waals surface area contributed by atoms with Crippen LogP contribution in [0.25, 0.3) is 6.08 Å². The molecule has 0 unspecified atom stereocenters. The minimum Gasteiger partial charge on any atom is -0.478 e. The Morgan fingerprint density at radius 1 is 1.36 bits per heavy atom. The van der Waals surface area contributed by atoms with E-state index in [1.165, 1.54) is 23.5 Å². The minimum atomic E-state index is -5.11. The molecule has 0 spiro atoms. The number of aliphatic carboxylic acids is 1. The fraction of sp³-hybridized carbons (Fsp3) is 0.333. The van der Waals surface area contributed by atoms with E-state index in [4.69, 9.17) is 26.2 Å². The van der Waals surface area contributed by atoms with Crippen LogP contribution >= 0.6 is 11.6 Å². The third-order valence-electron chi connectivity index (χ3n) is 2.78. The van der Waals surface area contributed by atoms with Crippen molar-refractivity contribution < 1.29 is 37.3 Å². The van der Waals surface area contributed by atoms with Crippen LogP contribution in [0.5, 0.6) is 5.75 Å². The van der Waals surface area contributed by atoms with E-state index in [-0.39, 0.29) is 23.1 Å². The van der Waals surface area contributed by atoms with Gasteiger partial charge < -0.3 is 19.9 Å². The first-order valence-electron chi connectivity index (χ1n) is 6.94. The van der Waals surface area contributed by atoms with Crippen molar-refractivity contribution >= 4 is 29.6 Å². The number of alkyl halides is 3. The Bertz CT molecular complexity index is 661. The largest absolute Gasteiger partial charge is 0.478 e. The first kappa shape index (κ1) is 20.8. The molecule has 138 valence electrons. The average Bonchev–Trinajstić information content (AvgIpc) is 2.51. The molecule has 0 heterocycles. The summed E-state index contributed by atoms with van der Waals surface area (Å²) in [6.45, 7) is 1.21. The lowest BCUT2D eigenvalue weighted by Crippen LogP contribution is -2.38. The lowest BCUT2D eigenvalue weighted by molar-refractivity contribution is -0.173. The van der Waals surface area contributed by atoms with Gasteiger partial charge in [0.05, 0.1) is 12.1 Å². The molecule has 0 radical (unpaired) electrons. The van der Waals surface area contributed by atoms with Crippen LogP contribution in [0.15, 0.2) is 23.8 Å². The summed E-state index contributed by atoms with van der Waals surface area (Å²) in [6, 6.07) is 4.32. The number of hydrogen-bond acceptors (Lipinski definition) is 4. The predicted molar refractivity (Wildman–Crippen MR) is 83.3 cm³/mol. The summed E-state index contributed by atoms with van der Waals surface area (Å²) in [7, 11) is 0. The smallest absolute Gasteiger partial charge is 0.471 e. The van der Waals surface area contributed by atoms with Gasteiger partial charge in [0, 0.05) is 17.2 Å². The van der Waals surface area contributed by atoms with Crippen LogP contribution < -0.4 is 10.1 Å². The van der Waals surface area contributed by atoms with Crippen molar-refractivity contribution in [3.8, 4) is 5.75 Å². The molecule has 1 aromatic rings. The zero-order valence-electron chi connectivity index (χ0n) is 13.0. The Morgan fingerprint density at radius 2 is 2.04 bits per heavy atom. The topological polar surface area (TPSA) is 84.9 Å². The molecule has 10 heteroatoms. The highest BCUT2D eigenvalue weighted by Crippen LogP contribution is 2.25. The van der Waals surface area contributed by atoms with Crippen LogP contribution in [-0.4, -0.2) is 43.1 Å². The summed E-state index contributed by atoms with van der Waals surface area (Å²) in [6.07, 6.45) is -4.04. The average molecular weight is 382 g/mol. The van der Waals surface area contributed by atoms with Gasteiger partial charge in [0.1, 0.15) is 5.75 Å². The molecular formula is C15H15ClF3NO5. The Hall–Kier alpha value is -2.26. The highest BCUT2D eigenvalue weighted by molar-refractivity contribution is 6.30. The van der Waals surface area contributed by atoms with Gasteiger partial charge in [0.25, 0.3) is 0 Å². The fourth-order valence-corrected chi connectivity index (χ4v) is 1.78. The zero-order valence-corrected chi connectivity index (χ0v) is 13.8. The van der Waals surface area contributed by atoms with Crippen LogP contribution in [0, 0.1) is 0 Å². The molecule has 0 saturated heterocycles. The second-order valence-electron chi connectivity index (χ2n) is 4.59. The van der Waals surface area contributed by atoms with E-state index < -0.39 is 30.2 Å². The first-order valence-corrected chi connectivity index (χ1v) is 7.32. The van der Waals surface area contributed by atoms with E-state index in [0.29, 0.717) is 6.61 Å². The SMILES string of the molecule is CCOCOc1ccc(Cl)cc1C=C(CNC(=O)C(F)(F)F)C(=O)O. The summed E-state index contributed by atoms with van der Waals surface area (Å²) in [5, 5.41) is 10.9. The molecule has 0 aliphatic heterocycles. The Morgan fingerprint density at radius 3 is 2.60 bits per heavy atom. The van der Waals surface area contributed by atoms with Crippen molar-refractivity contribution in [1.29, 1.82) is 0 Å². The second-order valence-corrected chi connectivity index (χ2v) is 5.03. The maximum Gasteiger partial charge on any atom is 0.471 e. The van der Waals surface area contributed by atoms with Crippen molar-refractivity contribution in [1.82, 2.24) is 5.32 Å². The maximum absolute atomic E-state index is 12.2. The number of amides is 1. The molecule has 6 nitrogen and oxygen atoms in total. The predicted octanol–water partition coefficient (Wildman–Crippen LogP) is 2.86. The number of ether oxygens (including phenoxy) is 2. The van der Waals surface area contributed by atoms with Gasteiger partial charge in [-0.2, -0.15) is 13.2 Å². The lowest BCUT2D eigenvalue weighted by atomic mass is 10.1. The van der Waals surface area contributed by atoms with Crippen molar-refractivity contribution in [2.45, 2.75) is 13.1 Å². The van der Waals surface area contributed by atoms with Gasteiger partial charge in [-0.05, 0) is 31.2 Å². The van der Waals surface area contributed by atoms with Gasteiger partial charge in [0.2, 0.25) is 0 Å². The van der Waals surface area contributed by atoms with Crippen molar-refractivity contribution in [3.05, 3.63) is 34.4 Å². The number of carbonyl (C=O) groups is 2. The molecule has 25 heavy (non-hydrogen) atoms. The third kappa shape index (κ3) is 7.02. The Kier molecular flexibility index (Phi) is 7.72. The van der Waals surface area contributed by atoms with E-state index in [2.05, 4.69) is 0 Å². The number of carboxylic acid groups (broad SMARTS) is 1. The molecule has 1 amide bonds. The van der Waals surface area contributed by atoms with Crippen LogP contribution in [0.4, 0.5) is 13.2 Å². The van der Waals surface area contributed by atoms with Crippen molar-refractivity contribution in [2.75, 3.05) is 19.9 Å². The van der Waals surface area contributed by atoms with E-state index in [9.17, 15) is 22.8 Å². The third-order valence-corrected chi connectivity index (χ3v) is 3.01. The molecule has 0 bridgehead atoms. The fourth-order valence-electron chi connectivity index (χ4n) is 1.60. The molecule has 0 fully saturated rings. The molecule has 2 N–H and O–H groups in total. The molecule has 0 atom stereocenters. The number of carbonyl (C=O) groups excluding carboxylic acids is 1. The van der Waals surface area contributed by atoms with Gasteiger partial charge >= 0.3 is 18.1 Å². The highest BCUT2D eigenvalue weighted by Gasteiger charge is 2.38. The van der Waals surface area contributed by atoms with Crippen LogP contribution in [0.1, 0.15) is 12.5 Å². The van der Waals surface area contributed by atoms with Gasteiger partial charge in [-0.3, -0.25) is 4.79 Å². The Balaban J connectivity index is 3.03. The number of rotatable bonds is 8. The monoisotopic (exact) mass is 381 g/mol. The van der Waals surface area contributed by atoms with E-state index >= 15 is 0 Å². The molecule has 1 rings (SSSR count). The molecule has 0 aliphatic carbocycles. The van der Waals surface area contributed by atoms with Crippen LogP contribution in [0.3, 0.4) is 0 Å². The summed E-state index contributed by atoms with van der Waals surface area (Å²) < 4.78 is 46.9. The number of nitrogens with one attached hydrogen (secondary N) is 1. The highest BCUT2D eigenvalue weighted by atomic mass is 35.5. The van der Waals surface area contributed by atoms with Crippen molar-refractivity contribution in [3.63, 3.8) is 0 Å². The minimum absolute atomic E-state index is 0.105. The molecular weight excluding hydrogens is 367 g/mol. The van der Waals surface area contributed by atoms with Gasteiger partial charge in [-0.15, -0.1) is 0 Å². The normalized spacial score (nSPS) is 12.0. The molecule has 0 aromatic heterocycles. The van der Waals surface area contributed by atoms with Crippen molar-refractivity contribution in [2.24, 2.45) is 0 Å². The number of benzene rings is 1. The Labute approximate surface area is 146 Å². The van der Waals surface area contributed by atoms with Crippen LogP contribution in [-0.2, 0) is 14.3 Å². The molecule has 0 aliphatic rings. The second kappa shape index (κ2) is 9.28. The van der Waals surface area contributed by atoms with Gasteiger partial charge in [-0.1, -0.05) is 11.6 Å². The number of carboxylic acids is 1. The summed E-state index contributed by atoms with van der Waals surface area (Å²) in [5.41, 5.74) is -0.271. The summed E-state index contributed by atoms with van der Waals surface area (Å²) >= 11 is 5.85. The van der Waals surface area contributed by atoms with E-state index in [1.807, 2.05) is 0 Å². The number of hydrogen-bond donors (Lipinski definition) is 2. The summed E-state index contributed by atoms with van der Waals surface area (Å²) in [4.78, 5) is 22.0. The quantitative estimate of drug-likeness (QED) is 0.411. The van der Waals surface area contributed by atoms with E-state index in [1.54, 1.807) is 6.92 Å². The van der Waals surface area contributed by atoms with Gasteiger partial charge in [-0.25, -0.2) is 4.79 Å². The summed E-state index contributed by atoms with van der Waals surface area (Å²) in [5.74, 6) is -3.52. The van der Waals surface area contributed by atoms with Gasteiger partial charge in [0.15, 0.2) is 6.79 Å². The van der Waals surface area contributed by atoms with E-state index in [0.717, 1.165) is 6.08 Å². The lowest BCUT2D eigenvalue weighted by Gasteiger charge is -2.11. The maximum atomic E-state index is 12.2. The van der Waals surface area contributed by atoms with Crippen LogP contribution in [0.2, 0.25) is 5.02 Å². The molecule has 1 aromatic carbocycles.